The number of carbonyl (C=O) groups is 1. The molecule has 2 aromatic rings. The highest BCUT2D eigenvalue weighted by Crippen LogP contribution is 2.19. The summed E-state index contributed by atoms with van der Waals surface area (Å²) in [5, 5.41) is 12.0. The molecule has 0 saturated carbocycles. The number of rotatable bonds is 6. The summed E-state index contributed by atoms with van der Waals surface area (Å²) in [5.41, 5.74) is 0.588. The molecule has 0 radical (unpaired) electrons. The molecule has 122 valence electrons. The number of aliphatic carboxylic acids is 1. The van der Waals surface area contributed by atoms with Crippen molar-refractivity contribution >= 4 is 39.1 Å². The van der Waals surface area contributed by atoms with Gasteiger partial charge in [-0.25, -0.2) is 18.4 Å². The Labute approximate surface area is 137 Å². The number of sulfonamides is 1. The predicted octanol–water partition coefficient (Wildman–Crippen LogP) is 1.62. The molecule has 0 unspecified atom stereocenters. The molecule has 0 aliphatic heterocycles. The molecule has 0 aliphatic carbocycles. The fraction of sp³-hybridized carbons (Fsp3) is 0.154. The monoisotopic (exact) mass is 356 g/mol. The number of hydrogen-bond donors (Lipinski definition) is 3. The van der Waals surface area contributed by atoms with Gasteiger partial charge in [0.25, 0.3) is 0 Å². The lowest BCUT2D eigenvalue weighted by Crippen LogP contribution is -2.38. The van der Waals surface area contributed by atoms with Gasteiger partial charge in [0, 0.05) is 11.8 Å². The van der Waals surface area contributed by atoms with E-state index in [4.69, 9.17) is 16.7 Å². The first-order valence-corrected chi connectivity index (χ1v) is 8.24. The average molecular weight is 357 g/mol. The van der Waals surface area contributed by atoms with Crippen LogP contribution in [0.2, 0.25) is 5.15 Å². The van der Waals surface area contributed by atoms with Gasteiger partial charge in [0.2, 0.25) is 10.0 Å². The van der Waals surface area contributed by atoms with Crippen LogP contribution in [0.15, 0.2) is 41.6 Å². The fourth-order valence-corrected chi connectivity index (χ4v) is 2.96. The van der Waals surface area contributed by atoms with Crippen molar-refractivity contribution in [3.8, 4) is 0 Å². The summed E-state index contributed by atoms with van der Waals surface area (Å²) in [7, 11) is -3.91. The summed E-state index contributed by atoms with van der Waals surface area (Å²) in [4.78, 5) is 18.4. The minimum absolute atomic E-state index is 0.0446. The molecule has 1 aromatic carbocycles. The first-order chi connectivity index (χ1) is 10.8. The molecular weight excluding hydrogens is 344 g/mol. The van der Waals surface area contributed by atoms with Crippen LogP contribution in [0, 0.1) is 0 Å². The normalized spacial score (nSPS) is 12.6. The van der Waals surface area contributed by atoms with Gasteiger partial charge in [-0.05, 0) is 31.2 Å². The first kappa shape index (κ1) is 17.1. The number of halogens is 1. The van der Waals surface area contributed by atoms with E-state index in [1.165, 1.54) is 43.6 Å². The minimum Gasteiger partial charge on any atom is -0.480 e. The molecule has 0 bridgehead atoms. The zero-order valence-corrected chi connectivity index (χ0v) is 13.5. The fourth-order valence-electron chi connectivity index (χ4n) is 1.62. The minimum atomic E-state index is -3.91. The molecule has 8 nitrogen and oxygen atoms in total. The van der Waals surface area contributed by atoms with Crippen LogP contribution in [-0.4, -0.2) is 35.5 Å². The van der Waals surface area contributed by atoms with Gasteiger partial charge in [-0.15, -0.1) is 0 Å². The summed E-state index contributed by atoms with van der Waals surface area (Å²) in [5.74, 6) is -0.800. The van der Waals surface area contributed by atoms with Gasteiger partial charge >= 0.3 is 5.97 Å². The Kier molecular flexibility index (Phi) is 5.14. The lowest BCUT2D eigenvalue weighted by Gasteiger charge is -2.11. The van der Waals surface area contributed by atoms with Crippen molar-refractivity contribution in [1.29, 1.82) is 0 Å². The van der Waals surface area contributed by atoms with E-state index in [-0.39, 0.29) is 10.0 Å². The molecule has 10 heteroatoms. The lowest BCUT2D eigenvalue weighted by molar-refractivity contribution is -0.138. The zero-order chi connectivity index (χ0) is 17.0. The van der Waals surface area contributed by atoms with E-state index in [9.17, 15) is 13.2 Å². The maximum atomic E-state index is 12.0. The Balaban J connectivity index is 2.14. The third-order valence-corrected chi connectivity index (χ3v) is 4.54. The second-order valence-corrected chi connectivity index (χ2v) is 6.66. The van der Waals surface area contributed by atoms with Gasteiger partial charge in [-0.1, -0.05) is 11.6 Å². The molecule has 3 N–H and O–H groups in total. The molecule has 0 spiro atoms. The van der Waals surface area contributed by atoms with Crippen LogP contribution in [0.25, 0.3) is 0 Å². The summed E-state index contributed by atoms with van der Waals surface area (Å²) in [6.45, 7) is 1.24. The SMILES string of the molecule is C[C@@H](NS(=O)(=O)c1ccc(Nc2cc(Cl)ncn2)cc1)C(=O)O. The Hall–Kier alpha value is -2.23. The number of aromatic nitrogens is 2. The van der Waals surface area contributed by atoms with Crippen molar-refractivity contribution in [2.75, 3.05) is 5.32 Å². The average Bonchev–Trinajstić information content (AvgIpc) is 2.47. The third-order valence-electron chi connectivity index (χ3n) is 2.77. The third kappa shape index (κ3) is 4.62. The highest BCUT2D eigenvalue weighted by atomic mass is 35.5. The van der Waals surface area contributed by atoms with E-state index in [0.29, 0.717) is 11.5 Å². The number of nitrogens with zero attached hydrogens (tertiary/aromatic N) is 2. The van der Waals surface area contributed by atoms with Crippen LogP contribution in [0.3, 0.4) is 0 Å². The number of carboxylic acids is 1. The Morgan fingerprint density at radius 1 is 1.26 bits per heavy atom. The summed E-state index contributed by atoms with van der Waals surface area (Å²) < 4.78 is 26.1. The quantitative estimate of drug-likeness (QED) is 0.672. The van der Waals surface area contributed by atoms with E-state index in [1.54, 1.807) is 0 Å². The van der Waals surface area contributed by atoms with Gasteiger partial charge in [0.15, 0.2) is 0 Å². The lowest BCUT2D eigenvalue weighted by atomic mass is 10.3. The highest BCUT2D eigenvalue weighted by Gasteiger charge is 2.21. The number of hydrogen-bond acceptors (Lipinski definition) is 6. The molecule has 2 rings (SSSR count). The van der Waals surface area contributed by atoms with Crippen LogP contribution in [-0.2, 0) is 14.8 Å². The van der Waals surface area contributed by atoms with Crippen LogP contribution in [0.5, 0.6) is 0 Å². The van der Waals surface area contributed by atoms with Gasteiger partial charge in [-0.2, -0.15) is 4.72 Å². The number of benzene rings is 1. The number of carboxylic acid groups (broad SMARTS) is 1. The summed E-state index contributed by atoms with van der Waals surface area (Å²) in [6.07, 6.45) is 1.29. The maximum absolute atomic E-state index is 12.0. The number of nitrogens with one attached hydrogen (secondary N) is 2. The van der Waals surface area contributed by atoms with Gasteiger partial charge in [0.1, 0.15) is 23.3 Å². The maximum Gasteiger partial charge on any atom is 0.321 e. The summed E-state index contributed by atoms with van der Waals surface area (Å²) >= 11 is 5.74. The standard InChI is InChI=1S/C13H13ClN4O4S/c1-8(13(19)20)18-23(21,22)10-4-2-9(3-5-10)17-12-6-11(14)15-7-16-12/h2-8,18H,1H3,(H,19,20)(H,15,16,17)/t8-/m1/s1. The van der Waals surface area contributed by atoms with Gasteiger partial charge < -0.3 is 10.4 Å². The van der Waals surface area contributed by atoms with Gasteiger partial charge in [-0.3, -0.25) is 4.79 Å². The number of anilines is 2. The molecule has 0 aliphatic rings. The molecule has 23 heavy (non-hydrogen) atoms. The summed E-state index contributed by atoms with van der Waals surface area (Å²) in [6, 6.07) is 6.04. The highest BCUT2D eigenvalue weighted by molar-refractivity contribution is 7.89. The molecular formula is C13H13ClN4O4S. The van der Waals surface area contributed by atoms with E-state index in [2.05, 4.69) is 20.0 Å². The van der Waals surface area contributed by atoms with E-state index in [1.807, 2.05) is 0 Å². The van der Waals surface area contributed by atoms with Crippen LogP contribution in [0.1, 0.15) is 6.92 Å². The topological polar surface area (TPSA) is 121 Å². The van der Waals surface area contributed by atoms with Crippen LogP contribution < -0.4 is 10.0 Å². The second kappa shape index (κ2) is 6.90. The Morgan fingerprint density at radius 2 is 1.91 bits per heavy atom. The largest absolute Gasteiger partial charge is 0.480 e. The van der Waals surface area contributed by atoms with E-state index in [0.717, 1.165) is 0 Å². The van der Waals surface area contributed by atoms with Crippen molar-refractivity contribution in [3.05, 3.63) is 41.8 Å². The first-order valence-electron chi connectivity index (χ1n) is 6.38. The van der Waals surface area contributed by atoms with Crippen LogP contribution >= 0.6 is 11.6 Å². The van der Waals surface area contributed by atoms with E-state index >= 15 is 0 Å². The Morgan fingerprint density at radius 3 is 2.48 bits per heavy atom. The second-order valence-electron chi connectivity index (χ2n) is 4.56. The van der Waals surface area contributed by atoms with Crippen molar-refractivity contribution in [3.63, 3.8) is 0 Å². The van der Waals surface area contributed by atoms with E-state index < -0.39 is 22.0 Å². The van der Waals surface area contributed by atoms with Crippen molar-refractivity contribution in [2.45, 2.75) is 17.9 Å². The molecule has 0 fully saturated rings. The predicted molar refractivity (Wildman–Crippen MR) is 84.2 cm³/mol. The van der Waals surface area contributed by atoms with Crippen molar-refractivity contribution in [1.82, 2.24) is 14.7 Å². The molecule has 1 atom stereocenters. The smallest absolute Gasteiger partial charge is 0.321 e. The molecule has 1 heterocycles. The van der Waals surface area contributed by atoms with Gasteiger partial charge in [0.05, 0.1) is 4.90 Å². The van der Waals surface area contributed by atoms with Crippen LogP contribution in [0.4, 0.5) is 11.5 Å². The van der Waals surface area contributed by atoms with Crippen molar-refractivity contribution in [2.24, 2.45) is 0 Å². The van der Waals surface area contributed by atoms with Crippen molar-refractivity contribution < 1.29 is 18.3 Å². The zero-order valence-electron chi connectivity index (χ0n) is 11.9. The molecule has 0 amide bonds. The molecule has 0 saturated heterocycles. The molecule has 1 aromatic heterocycles. The Bertz CT molecular complexity index is 811.